The number of hydrogen-bond donors (Lipinski definition) is 3. The molecule has 1 amide bonds. The van der Waals surface area contributed by atoms with Crippen molar-refractivity contribution in [3.63, 3.8) is 0 Å². The molecule has 0 spiro atoms. The molecule has 0 unspecified atom stereocenters. The van der Waals surface area contributed by atoms with E-state index in [1.54, 1.807) is 18.3 Å². The minimum absolute atomic E-state index is 0.265. The Bertz CT molecular complexity index is 1580. The number of rotatable bonds is 5. The second kappa shape index (κ2) is 9.02. The Kier molecular flexibility index (Phi) is 5.72. The highest BCUT2D eigenvalue weighted by Gasteiger charge is 2.31. The number of anilines is 3. The summed E-state index contributed by atoms with van der Waals surface area (Å²) >= 11 is 0. The van der Waals surface area contributed by atoms with Crippen molar-refractivity contribution in [3.05, 3.63) is 84.6 Å². The van der Waals surface area contributed by atoms with E-state index in [0.29, 0.717) is 40.0 Å². The van der Waals surface area contributed by atoms with Crippen LogP contribution in [0, 0.1) is 5.82 Å². The lowest BCUT2D eigenvalue weighted by Gasteiger charge is -2.13. The predicted octanol–water partition coefficient (Wildman–Crippen LogP) is 4.96. The van der Waals surface area contributed by atoms with Crippen LogP contribution in [0.15, 0.2) is 67.5 Å². The van der Waals surface area contributed by atoms with Crippen molar-refractivity contribution in [1.29, 1.82) is 0 Å². The Labute approximate surface area is 199 Å². The van der Waals surface area contributed by atoms with Crippen molar-refractivity contribution in [2.24, 2.45) is 0 Å². The largest absolute Gasteiger partial charge is 0.416 e. The molecule has 5 rings (SSSR count). The second-order valence-corrected chi connectivity index (χ2v) is 7.42. The number of carbonyl (C=O) groups is 1. The first-order valence-corrected chi connectivity index (χ1v) is 10.3. The fourth-order valence-electron chi connectivity index (χ4n) is 3.41. The van der Waals surface area contributed by atoms with Crippen LogP contribution in [-0.2, 0) is 6.18 Å². The van der Waals surface area contributed by atoms with Gasteiger partial charge in [0.05, 0.1) is 17.6 Å². The Morgan fingerprint density at radius 2 is 1.81 bits per heavy atom. The van der Waals surface area contributed by atoms with Gasteiger partial charge in [-0.05, 0) is 42.5 Å². The van der Waals surface area contributed by atoms with E-state index in [9.17, 15) is 22.4 Å². The summed E-state index contributed by atoms with van der Waals surface area (Å²) in [6, 6.07) is 8.58. The zero-order valence-corrected chi connectivity index (χ0v) is 18.0. The number of aromatic amines is 1. The first-order chi connectivity index (χ1) is 17.3. The van der Waals surface area contributed by atoms with Crippen molar-refractivity contribution in [3.8, 4) is 11.3 Å². The third-order valence-electron chi connectivity index (χ3n) is 5.08. The van der Waals surface area contributed by atoms with Crippen LogP contribution >= 0.6 is 0 Å². The number of pyridine rings is 2. The third-order valence-corrected chi connectivity index (χ3v) is 5.08. The summed E-state index contributed by atoms with van der Waals surface area (Å²) in [7, 11) is 0. The van der Waals surface area contributed by atoms with Crippen LogP contribution in [0.4, 0.5) is 34.8 Å². The van der Waals surface area contributed by atoms with Gasteiger partial charge in [0.15, 0.2) is 5.65 Å². The van der Waals surface area contributed by atoms with Gasteiger partial charge in [-0.25, -0.2) is 24.3 Å². The zero-order valence-electron chi connectivity index (χ0n) is 18.0. The maximum atomic E-state index is 14.4. The molecule has 4 aromatic heterocycles. The molecule has 0 aliphatic heterocycles. The maximum Gasteiger partial charge on any atom is 0.416 e. The molecular weight excluding hydrogens is 480 g/mol. The topological polar surface area (TPSA) is 121 Å². The first kappa shape index (κ1) is 22.8. The number of fused-ring (bicyclic) bond motifs is 1. The van der Waals surface area contributed by atoms with Gasteiger partial charge in [0.2, 0.25) is 0 Å². The maximum absolute atomic E-state index is 14.4. The molecule has 5 aromatic rings. The number of benzene rings is 1. The minimum atomic E-state index is -4.65. The molecule has 180 valence electrons. The number of carbonyl (C=O) groups excluding carboxylic acids is 1. The highest BCUT2D eigenvalue weighted by atomic mass is 19.4. The van der Waals surface area contributed by atoms with E-state index >= 15 is 0 Å². The van der Waals surface area contributed by atoms with Gasteiger partial charge in [0.25, 0.3) is 5.91 Å². The Morgan fingerprint density at radius 1 is 0.944 bits per heavy atom. The second-order valence-electron chi connectivity index (χ2n) is 7.42. The fraction of sp³-hybridized carbons (Fsp3) is 0.0435. The van der Waals surface area contributed by atoms with E-state index in [4.69, 9.17) is 0 Å². The minimum Gasteiger partial charge on any atom is -0.340 e. The van der Waals surface area contributed by atoms with E-state index in [0.717, 1.165) is 18.3 Å². The molecule has 0 radical (unpaired) electrons. The Balaban J connectivity index is 1.43. The van der Waals surface area contributed by atoms with Gasteiger partial charge >= 0.3 is 6.18 Å². The summed E-state index contributed by atoms with van der Waals surface area (Å²) in [5.41, 5.74) is 0.662. The monoisotopic (exact) mass is 494 g/mol. The quantitative estimate of drug-likeness (QED) is 0.295. The lowest BCUT2D eigenvalue weighted by atomic mass is 10.1. The number of alkyl halides is 3. The smallest absolute Gasteiger partial charge is 0.340 e. The van der Waals surface area contributed by atoms with Crippen molar-refractivity contribution < 1.29 is 22.4 Å². The number of nitrogens with zero attached hydrogens (tertiary/aromatic N) is 5. The summed E-state index contributed by atoms with van der Waals surface area (Å²) in [6.45, 7) is 0. The SMILES string of the molecule is O=C(Nc1cc(Nc2ncccc2-c2ncnc3[nH]cnc23)ccc1F)c1cc(C(F)(F)F)ccn1. The van der Waals surface area contributed by atoms with Crippen LogP contribution in [0.1, 0.15) is 16.1 Å². The molecule has 0 fully saturated rings. The van der Waals surface area contributed by atoms with Crippen LogP contribution < -0.4 is 10.6 Å². The highest BCUT2D eigenvalue weighted by Crippen LogP contribution is 2.32. The average molecular weight is 494 g/mol. The van der Waals surface area contributed by atoms with Gasteiger partial charge in [-0.2, -0.15) is 13.2 Å². The summed E-state index contributed by atoms with van der Waals surface area (Å²) < 4.78 is 53.3. The number of hydrogen-bond acceptors (Lipinski definition) is 7. The number of H-pyrrole nitrogens is 1. The molecule has 0 saturated carbocycles. The van der Waals surface area contributed by atoms with E-state index < -0.39 is 29.2 Å². The molecule has 9 nitrogen and oxygen atoms in total. The van der Waals surface area contributed by atoms with Gasteiger partial charge in [-0.15, -0.1) is 0 Å². The Morgan fingerprint density at radius 3 is 2.64 bits per heavy atom. The van der Waals surface area contributed by atoms with E-state index in [1.165, 1.54) is 24.8 Å². The van der Waals surface area contributed by atoms with Gasteiger partial charge in [-0.3, -0.25) is 9.78 Å². The number of nitrogens with one attached hydrogen (secondary N) is 3. The van der Waals surface area contributed by atoms with Crippen LogP contribution in [0.25, 0.3) is 22.4 Å². The Hall–Kier alpha value is -4.94. The third kappa shape index (κ3) is 4.53. The van der Waals surface area contributed by atoms with Crippen molar-refractivity contribution in [2.75, 3.05) is 10.6 Å². The molecule has 0 bridgehead atoms. The van der Waals surface area contributed by atoms with Gasteiger partial charge in [0.1, 0.15) is 34.9 Å². The first-order valence-electron chi connectivity index (χ1n) is 10.3. The summed E-state index contributed by atoms with van der Waals surface area (Å²) in [5.74, 6) is -1.43. The summed E-state index contributed by atoms with van der Waals surface area (Å²) in [6.07, 6.45) is 0.609. The van der Waals surface area contributed by atoms with Gasteiger partial charge in [-0.1, -0.05) is 0 Å². The average Bonchev–Trinajstić information content (AvgIpc) is 3.35. The van der Waals surface area contributed by atoms with Crippen LogP contribution in [0.5, 0.6) is 0 Å². The van der Waals surface area contributed by atoms with Gasteiger partial charge in [0, 0.05) is 23.6 Å². The van der Waals surface area contributed by atoms with Crippen molar-refractivity contribution in [1.82, 2.24) is 29.9 Å². The van der Waals surface area contributed by atoms with Crippen molar-refractivity contribution in [2.45, 2.75) is 6.18 Å². The van der Waals surface area contributed by atoms with Crippen LogP contribution in [0.2, 0.25) is 0 Å². The number of aromatic nitrogens is 6. The summed E-state index contributed by atoms with van der Waals surface area (Å²) in [5, 5.41) is 5.31. The number of halogens is 4. The standard InChI is InChI=1S/C23H14F4N8O/c24-15-4-3-13(9-16(15)35-22(36)17-8-12(5-7-28-17)23(25,26)27)34-20-14(2-1-6-29-20)18-19-21(32-10-30-18)33-11-31-19/h1-11H,(H,29,34)(H,35,36)(H,30,31,32,33). The molecule has 13 heteroatoms. The van der Waals surface area contributed by atoms with E-state index in [1.807, 2.05) is 0 Å². The number of imidazole rings is 1. The van der Waals surface area contributed by atoms with Crippen LogP contribution in [-0.4, -0.2) is 35.8 Å². The fourth-order valence-corrected chi connectivity index (χ4v) is 3.41. The lowest BCUT2D eigenvalue weighted by molar-refractivity contribution is -0.137. The zero-order chi connectivity index (χ0) is 25.3. The molecular formula is C23H14F4N8O. The molecule has 0 aliphatic rings. The van der Waals surface area contributed by atoms with Crippen molar-refractivity contribution >= 4 is 34.3 Å². The molecule has 36 heavy (non-hydrogen) atoms. The summed E-state index contributed by atoms with van der Waals surface area (Å²) in [4.78, 5) is 36.0. The normalized spacial score (nSPS) is 11.4. The van der Waals surface area contributed by atoms with Crippen LogP contribution in [0.3, 0.4) is 0 Å². The highest BCUT2D eigenvalue weighted by molar-refractivity contribution is 6.03. The molecule has 0 aliphatic carbocycles. The number of amides is 1. The van der Waals surface area contributed by atoms with E-state index in [-0.39, 0.29) is 5.69 Å². The molecule has 0 saturated heterocycles. The predicted molar refractivity (Wildman–Crippen MR) is 122 cm³/mol. The van der Waals surface area contributed by atoms with E-state index in [2.05, 4.69) is 40.5 Å². The molecule has 3 N–H and O–H groups in total. The van der Waals surface area contributed by atoms with Gasteiger partial charge < -0.3 is 15.6 Å². The molecule has 4 heterocycles. The molecule has 1 aromatic carbocycles. The lowest BCUT2D eigenvalue weighted by Crippen LogP contribution is -2.16. The molecule has 0 atom stereocenters.